The number of hydrogen-bond acceptors (Lipinski definition) is 5. The monoisotopic (exact) mass is 437 g/mol. The number of aliphatic hydroxyl groups excluding tert-OH is 1. The van der Waals surface area contributed by atoms with Crippen LogP contribution in [0.5, 0.6) is 5.75 Å². The molecule has 1 aromatic heterocycles. The molecule has 0 spiro atoms. The Labute approximate surface area is 188 Å². The molecule has 0 aliphatic heterocycles. The number of aliphatic hydroxyl groups is 1. The third-order valence-corrected chi connectivity index (χ3v) is 7.32. The van der Waals surface area contributed by atoms with Crippen molar-refractivity contribution >= 4 is 11.3 Å². The average Bonchev–Trinajstić information content (AvgIpc) is 3.25. The first-order chi connectivity index (χ1) is 15.2. The van der Waals surface area contributed by atoms with Crippen molar-refractivity contribution < 1.29 is 14.6 Å². The van der Waals surface area contributed by atoms with Gasteiger partial charge in [0, 0.05) is 28.5 Å². The maximum Gasteiger partial charge on any atom is 0.122 e. The van der Waals surface area contributed by atoms with Crippen LogP contribution in [0.1, 0.15) is 46.7 Å². The van der Waals surface area contributed by atoms with Crippen LogP contribution < -0.4 is 4.74 Å². The van der Waals surface area contributed by atoms with E-state index in [0.717, 1.165) is 48.6 Å². The lowest BCUT2D eigenvalue weighted by Gasteiger charge is -2.17. The van der Waals surface area contributed by atoms with Crippen LogP contribution in [0, 0.1) is 0 Å². The first-order valence-corrected chi connectivity index (χ1v) is 11.9. The Morgan fingerprint density at radius 3 is 2.68 bits per heavy atom. The zero-order chi connectivity index (χ0) is 21.6. The molecular formula is C26H31NO3S. The first-order valence-electron chi connectivity index (χ1n) is 11.1. The molecule has 0 saturated heterocycles. The summed E-state index contributed by atoms with van der Waals surface area (Å²) < 4.78 is 11.6. The maximum atomic E-state index is 10.0. The van der Waals surface area contributed by atoms with Gasteiger partial charge in [-0.2, -0.15) is 0 Å². The van der Waals surface area contributed by atoms with Crippen molar-refractivity contribution in [1.82, 2.24) is 4.98 Å². The van der Waals surface area contributed by atoms with Gasteiger partial charge in [-0.05, 0) is 50.7 Å². The Kier molecular flexibility index (Phi) is 7.38. The molecule has 0 fully saturated rings. The Morgan fingerprint density at radius 2 is 1.90 bits per heavy atom. The standard InChI is InChI=1S/C26H31NO3S/c1-18(11-12-19-7-4-3-5-8-19)30-16-15-20(17-28)26-27-25-22-9-6-10-23(29-2)21(22)13-14-24(25)31-26/h3-10,18,20,28H,11-17H2,1-2H3. The van der Waals surface area contributed by atoms with Crippen LogP contribution in [0.4, 0.5) is 0 Å². The van der Waals surface area contributed by atoms with Crippen LogP contribution in [0.15, 0.2) is 48.5 Å². The Morgan fingerprint density at radius 1 is 1.06 bits per heavy atom. The Balaban J connectivity index is 1.35. The van der Waals surface area contributed by atoms with Crippen molar-refractivity contribution in [2.24, 2.45) is 0 Å². The van der Waals surface area contributed by atoms with Crippen molar-refractivity contribution in [3.8, 4) is 17.0 Å². The van der Waals surface area contributed by atoms with Crippen molar-refractivity contribution in [2.45, 2.75) is 51.0 Å². The van der Waals surface area contributed by atoms with Crippen LogP contribution in [0.3, 0.4) is 0 Å². The van der Waals surface area contributed by atoms with Gasteiger partial charge >= 0.3 is 0 Å². The fourth-order valence-corrected chi connectivity index (χ4v) is 5.41. The summed E-state index contributed by atoms with van der Waals surface area (Å²) in [6, 6.07) is 16.7. The molecule has 2 unspecified atom stereocenters. The van der Waals surface area contributed by atoms with E-state index in [4.69, 9.17) is 14.5 Å². The smallest absolute Gasteiger partial charge is 0.122 e. The number of hydrogen-bond donors (Lipinski definition) is 1. The zero-order valence-corrected chi connectivity index (χ0v) is 19.2. The summed E-state index contributed by atoms with van der Waals surface area (Å²) in [5.41, 5.74) is 4.82. The van der Waals surface area contributed by atoms with Crippen LogP contribution >= 0.6 is 11.3 Å². The molecule has 2 atom stereocenters. The van der Waals surface area contributed by atoms with Gasteiger partial charge in [-0.3, -0.25) is 0 Å². The van der Waals surface area contributed by atoms with Crippen molar-refractivity contribution in [3.63, 3.8) is 0 Å². The summed E-state index contributed by atoms with van der Waals surface area (Å²) in [5, 5.41) is 11.0. The second-order valence-electron chi connectivity index (χ2n) is 8.18. The molecule has 1 heterocycles. The van der Waals surface area contributed by atoms with Gasteiger partial charge in [-0.1, -0.05) is 42.5 Å². The highest BCUT2D eigenvalue weighted by Crippen LogP contribution is 2.41. The zero-order valence-electron chi connectivity index (χ0n) is 18.3. The molecular weight excluding hydrogens is 406 g/mol. The highest BCUT2D eigenvalue weighted by Gasteiger charge is 2.25. The summed E-state index contributed by atoms with van der Waals surface area (Å²) >= 11 is 1.74. The highest BCUT2D eigenvalue weighted by atomic mass is 32.1. The third kappa shape index (κ3) is 5.17. The number of benzene rings is 2. The molecule has 3 aromatic rings. The van der Waals surface area contributed by atoms with Gasteiger partial charge in [0.2, 0.25) is 0 Å². The molecule has 4 nitrogen and oxygen atoms in total. The van der Waals surface area contributed by atoms with Crippen molar-refractivity contribution in [3.05, 3.63) is 69.5 Å². The van der Waals surface area contributed by atoms with E-state index in [1.807, 2.05) is 18.2 Å². The predicted octanol–water partition coefficient (Wildman–Crippen LogP) is 5.42. The molecule has 2 aromatic carbocycles. The van der Waals surface area contributed by atoms with Gasteiger partial charge in [0.15, 0.2) is 0 Å². The lowest BCUT2D eigenvalue weighted by atomic mass is 9.92. The maximum absolute atomic E-state index is 10.0. The number of aromatic nitrogens is 1. The SMILES string of the molecule is COc1cccc2c1CCc1sc(C(CO)CCOC(C)CCc3ccccc3)nc1-2. The molecule has 0 bridgehead atoms. The van der Waals surface area contributed by atoms with E-state index in [-0.39, 0.29) is 18.6 Å². The van der Waals surface area contributed by atoms with Gasteiger partial charge in [-0.25, -0.2) is 4.98 Å². The Hall–Kier alpha value is -2.21. The van der Waals surface area contributed by atoms with E-state index in [1.165, 1.54) is 21.6 Å². The van der Waals surface area contributed by atoms with Gasteiger partial charge in [-0.15, -0.1) is 11.3 Å². The minimum Gasteiger partial charge on any atom is -0.496 e. The first kappa shape index (κ1) is 22.0. The molecule has 0 saturated carbocycles. The molecule has 0 amide bonds. The summed E-state index contributed by atoms with van der Waals surface area (Å²) in [6.07, 6.45) is 4.95. The van der Waals surface area contributed by atoms with E-state index in [0.29, 0.717) is 6.61 Å². The largest absolute Gasteiger partial charge is 0.496 e. The molecule has 0 radical (unpaired) electrons. The second kappa shape index (κ2) is 10.4. The molecule has 1 aliphatic carbocycles. The van der Waals surface area contributed by atoms with E-state index in [1.54, 1.807) is 18.4 Å². The van der Waals surface area contributed by atoms with Gasteiger partial charge in [0.05, 0.1) is 30.5 Å². The number of methoxy groups -OCH3 is 1. The van der Waals surface area contributed by atoms with Crippen LogP contribution in [-0.4, -0.2) is 36.5 Å². The van der Waals surface area contributed by atoms with E-state index in [2.05, 4.69) is 37.3 Å². The number of aryl methyl sites for hydroxylation is 2. The van der Waals surface area contributed by atoms with Crippen LogP contribution in [0.2, 0.25) is 0 Å². The fraction of sp³-hybridized carbons (Fsp3) is 0.423. The topological polar surface area (TPSA) is 51.6 Å². The minimum absolute atomic E-state index is 0.0194. The number of fused-ring (bicyclic) bond motifs is 3. The number of ether oxygens (including phenoxy) is 2. The van der Waals surface area contributed by atoms with E-state index in [9.17, 15) is 5.11 Å². The molecule has 4 rings (SSSR count). The quantitative estimate of drug-likeness (QED) is 0.460. The number of thiazole rings is 1. The number of rotatable bonds is 10. The van der Waals surface area contributed by atoms with E-state index >= 15 is 0 Å². The molecule has 164 valence electrons. The average molecular weight is 438 g/mol. The van der Waals surface area contributed by atoms with Crippen LogP contribution in [0.25, 0.3) is 11.3 Å². The van der Waals surface area contributed by atoms with Crippen molar-refractivity contribution in [2.75, 3.05) is 20.3 Å². The van der Waals surface area contributed by atoms with E-state index < -0.39 is 0 Å². The summed E-state index contributed by atoms with van der Waals surface area (Å²) in [7, 11) is 1.72. The lowest BCUT2D eigenvalue weighted by molar-refractivity contribution is 0.0522. The molecule has 1 N–H and O–H groups in total. The highest BCUT2D eigenvalue weighted by molar-refractivity contribution is 7.12. The predicted molar refractivity (Wildman–Crippen MR) is 126 cm³/mol. The lowest BCUT2D eigenvalue weighted by Crippen LogP contribution is -2.14. The van der Waals surface area contributed by atoms with Gasteiger partial charge in [0.1, 0.15) is 5.75 Å². The van der Waals surface area contributed by atoms with Crippen molar-refractivity contribution in [1.29, 1.82) is 0 Å². The fourth-order valence-electron chi connectivity index (χ4n) is 4.20. The normalized spacial score (nSPS) is 14.5. The van der Waals surface area contributed by atoms with Gasteiger partial charge in [0.25, 0.3) is 0 Å². The Bertz CT molecular complexity index is 986. The van der Waals surface area contributed by atoms with Crippen LogP contribution in [-0.2, 0) is 24.0 Å². The summed E-state index contributed by atoms with van der Waals surface area (Å²) in [5.74, 6) is 0.959. The van der Waals surface area contributed by atoms with Gasteiger partial charge < -0.3 is 14.6 Å². The minimum atomic E-state index is 0.0194. The third-order valence-electron chi connectivity index (χ3n) is 6.04. The molecule has 1 aliphatic rings. The molecule has 5 heteroatoms. The summed E-state index contributed by atoms with van der Waals surface area (Å²) in [4.78, 5) is 6.27. The number of nitrogens with zero attached hydrogens (tertiary/aromatic N) is 1. The molecule has 31 heavy (non-hydrogen) atoms. The summed E-state index contributed by atoms with van der Waals surface area (Å²) in [6.45, 7) is 2.86. The second-order valence-corrected chi connectivity index (χ2v) is 9.30.